The highest BCUT2D eigenvalue weighted by molar-refractivity contribution is 5.81. The number of methoxy groups -OCH3 is 2. The lowest BCUT2D eigenvalue weighted by atomic mass is 10.00. The van der Waals surface area contributed by atoms with E-state index >= 15 is 8.87 Å². The Balaban J connectivity index is 1.46. The van der Waals surface area contributed by atoms with Gasteiger partial charge in [0, 0.05) is 53.8 Å². The fourth-order valence-corrected chi connectivity index (χ4v) is 4.34. The number of hydrogen-bond donors (Lipinski definition) is 3. The molecule has 0 saturated carbocycles. The summed E-state index contributed by atoms with van der Waals surface area (Å²) >= 11 is 0. The topological polar surface area (TPSA) is 118 Å². The summed E-state index contributed by atoms with van der Waals surface area (Å²) in [4.78, 5) is 24.4. The lowest BCUT2D eigenvalue weighted by Gasteiger charge is -2.19. The van der Waals surface area contributed by atoms with Crippen LogP contribution in [0, 0.1) is 5.82 Å². The third-order valence-corrected chi connectivity index (χ3v) is 6.46. The second-order valence-electron chi connectivity index (χ2n) is 9.03. The summed E-state index contributed by atoms with van der Waals surface area (Å²) in [7, 11) is 3.07. The Morgan fingerprint density at radius 3 is 2.50 bits per heavy atom. The summed E-state index contributed by atoms with van der Waals surface area (Å²) in [6, 6.07) is 10.8. The molecule has 1 atom stereocenters. The van der Waals surface area contributed by atoms with Gasteiger partial charge in [0.05, 0.1) is 25.5 Å². The average molecular weight is 545 g/mol. The quantitative estimate of drug-likeness (QED) is 0.265. The summed E-state index contributed by atoms with van der Waals surface area (Å²) in [5.41, 5.74) is 7.97. The second-order valence-corrected chi connectivity index (χ2v) is 9.03. The van der Waals surface area contributed by atoms with Crippen LogP contribution in [-0.2, 0) is 0 Å². The number of ether oxygens (including phenoxy) is 2. The fourth-order valence-electron chi connectivity index (χ4n) is 4.34. The van der Waals surface area contributed by atoms with E-state index in [1.54, 1.807) is 43.9 Å². The Morgan fingerprint density at radius 2 is 1.80 bits per heavy atom. The van der Waals surface area contributed by atoms with Crippen LogP contribution in [0.4, 0.5) is 26.1 Å². The number of rotatable bonds is 7. The summed E-state index contributed by atoms with van der Waals surface area (Å²) in [6.45, 7) is 1.85. The Morgan fingerprint density at radius 1 is 1.00 bits per heavy atom. The molecule has 0 saturated heterocycles. The van der Waals surface area contributed by atoms with Gasteiger partial charge in [0.25, 0.3) is 0 Å². The number of anilines is 3. The number of aromatic amines is 1. The zero-order valence-corrected chi connectivity index (χ0v) is 21.9. The van der Waals surface area contributed by atoms with Crippen LogP contribution in [0.2, 0.25) is 0 Å². The first-order valence-electron chi connectivity index (χ1n) is 12.2. The van der Waals surface area contributed by atoms with E-state index in [0.29, 0.717) is 22.6 Å². The monoisotopic (exact) mass is 544 g/mol. The summed E-state index contributed by atoms with van der Waals surface area (Å²) in [5, 5.41) is 3.12. The van der Waals surface area contributed by atoms with Crippen molar-refractivity contribution in [3.63, 3.8) is 0 Å². The molecule has 1 unspecified atom stereocenters. The molecule has 204 valence electrons. The van der Waals surface area contributed by atoms with E-state index in [4.69, 9.17) is 15.2 Å². The number of pyridine rings is 2. The molecule has 9 nitrogen and oxygen atoms in total. The van der Waals surface area contributed by atoms with Crippen molar-refractivity contribution in [1.82, 2.24) is 15.3 Å². The molecule has 0 fully saturated rings. The van der Waals surface area contributed by atoms with Gasteiger partial charge in [-0.2, -0.15) is 5.12 Å². The molecule has 4 aromatic rings. The van der Waals surface area contributed by atoms with Gasteiger partial charge >= 0.3 is 0 Å². The SMILES string of the molecule is COc1ccc(-c2cnc(N)c(-c3ccc(N(F)c4c[nH]cc(C5N=CC(C)=CN5)c4=O)cc3F)c2)cc1OC. The van der Waals surface area contributed by atoms with Gasteiger partial charge in [-0.1, -0.05) is 10.5 Å². The third kappa shape index (κ3) is 4.96. The predicted octanol–water partition coefficient (Wildman–Crippen LogP) is 5.44. The maximum atomic E-state index is 15.5. The number of benzene rings is 2. The molecular formula is C29H26F2N6O3. The first-order chi connectivity index (χ1) is 19.3. The number of nitrogens with one attached hydrogen (secondary N) is 2. The van der Waals surface area contributed by atoms with Gasteiger partial charge in [-0.05, 0) is 48.4 Å². The van der Waals surface area contributed by atoms with Crippen molar-refractivity contribution in [2.24, 2.45) is 4.99 Å². The van der Waals surface area contributed by atoms with Gasteiger partial charge in [-0.25, -0.2) is 9.37 Å². The normalized spacial score (nSPS) is 14.3. The molecule has 0 aliphatic carbocycles. The molecule has 5 rings (SSSR count). The number of nitrogens with zero attached hydrogens (tertiary/aromatic N) is 3. The van der Waals surface area contributed by atoms with E-state index in [1.807, 2.05) is 13.0 Å². The van der Waals surface area contributed by atoms with Crippen molar-refractivity contribution in [2.75, 3.05) is 25.1 Å². The van der Waals surface area contributed by atoms with Crippen molar-refractivity contribution in [1.29, 1.82) is 0 Å². The van der Waals surface area contributed by atoms with E-state index in [1.165, 1.54) is 31.6 Å². The van der Waals surface area contributed by atoms with Gasteiger partial charge in [-0.15, -0.1) is 0 Å². The third-order valence-electron chi connectivity index (χ3n) is 6.46. The Hall–Kier alpha value is -5.19. The summed E-state index contributed by atoms with van der Waals surface area (Å²) in [6.07, 6.45) is 6.89. The molecule has 1 aliphatic heterocycles. The number of aliphatic imine (C=N–C) groups is 1. The van der Waals surface area contributed by atoms with Crippen LogP contribution in [0.5, 0.6) is 11.5 Å². The molecule has 0 radical (unpaired) electrons. The van der Waals surface area contributed by atoms with E-state index in [0.717, 1.165) is 17.2 Å². The standard InChI is InChI=1S/C29H26F2N6O3/c1-16-11-35-29(36-12-16)22-14-33-15-24(27(22)38)37(31)19-5-6-20(23(30)10-19)21-8-18(13-34-28(21)32)17-4-7-25(39-2)26(9-17)40-3/h4-15,29,35H,1-3H3,(H2,32,34)(H,33,38). The molecular weight excluding hydrogens is 518 g/mol. The number of nitrogens with two attached hydrogens (primary N) is 1. The number of hydrogen-bond acceptors (Lipinski definition) is 8. The van der Waals surface area contributed by atoms with Crippen molar-refractivity contribution in [2.45, 2.75) is 13.1 Å². The summed E-state index contributed by atoms with van der Waals surface area (Å²) in [5.74, 6) is 0.437. The molecule has 2 aromatic heterocycles. The van der Waals surface area contributed by atoms with Gasteiger partial charge in [0.15, 0.2) is 11.5 Å². The van der Waals surface area contributed by atoms with E-state index in [9.17, 15) is 4.79 Å². The van der Waals surface area contributed by atoms with E-state index in [2.05, 4.69) is 20.3 Å². The fraction of sp³-hybridized carbons (Fsp3) is 0.138. The van der Waals surface area contributed by atoms with Gasteiger partial charge < -0.3 is 25.5 Å². The molecule has 3 heterocycles. The molecule has 11 heteroatoms. The van der Waals surface area contributed by atoms with Crippen LogP contribution < -0.4 is 31.1 Å². The Kier molecular flexibility index (Phi) is 7.19. The van der Waals surface area contributed by atoms with E-state index < -0.39 is 17.4 Å². The maximum Gasteiger partial charge on any atom is 0.215 e. The zero-order valence-electron chi connectivity index (χ0n) is 21.9. The van der Waals surface area contributed by atoms with Crippen LogP contribution >= 0.6 is 0 Å². The van der Waals surface area contributed by atoms with Gasteiger partial charge in [0.1, 0.15) is 23.5 Å². The van der Waals surface area contributed by atoms with Gasteiger partial charge in [0.2, 0.25) is 5.43 Å². The van der Waals surface area contributed by atoms with Crippen LogP contribution in [0.25, 0.3) is 22.3 Å². The number of nitrogen functional groups attached to an aromatic ring is 1. The minimum atomic E-state index is -0.746. The highest BCUT2D eigenvalue weighted by Crippen LogP contribution is 2.37. The van der Waals surface area contributed by atoms with Crippen LogP contribution in [0.3, 0.4) is 0 Å². The van der Waals surface area contributed by atoms with Crippen LogP contribution in [-0.4, -0.2) is 30.4 Å². The molecule has 0 spiro atoms. The first-order valence-corrected chi connectivity index (χ1v) is 12.2. The van der Waals surface area contributed by atoms with Crippen molar-refractivity contribution in [3.8, 4) is 33.8 Å². The lowest BCUT2D eigenvalue weighted by molar-refractivity contribution is 0.355. The molecule has 40 heavy (non-hydrogen) atoms. The Bertz CT molecular complexity index is 1700. The first kappa shape index (κ1) is 26.4. The average Bonchev–Trinajstić information content (AvgIpc) is 2.97. The van der Waals surface area contributed by atoms with Crippen molar-refractivity contribution < 1.29 is 18.3 Å². The van der Waals surface area contributed by atoms with Gasteiger partial charge in [-0.3, -0.25) is 9.79 Å². The molecule has 0 bridgehead atoms. The number of allylic oxidation sites excluding steroid dienone is 1. The zero-order chi connectivity index (χ0) is 28.4. The van der Waals surface area contributed by atoms with Crippen LogP contribution in [0.15, 0.2) is 82.6 Å². The number of aromatic nitrogens is 2. The van der Waals surface area contributed by atoms with Crippen LogP contribution in [0.1, 0.15) is 18.7 Å². The predicted molar refractivity (Wildman–Crippen MR) is 151 cm³/mol. The minimum absolute atomic E-state index is 0.0990. The summed E-state index contributed by atoms with van der Waals surface area (Å²) < 4.78 is 41.5. The highest BCUT2D eigenvalue weighted by atomic mass is 19.2. The maximum absolute atomic E-state index is 15.5. The molecule has 1 aliphatic rings. The number of halogens is 2. The minimum Gasteiger partial charge on any atom is -0.493 e. The smallest absolute Gasteiger partial charge is 0.215 e. The van der Waals surface area contributed by atoms with E-state index in [-0.39, 0.29) is 33.4 Å². The Labute approximate surface area is 228 Å². The highest BCUT2D eigenvalue weighted by Gasteiger charge is 2.22. The molecule has 2 aromatic carbocycles. The lowest BCUT2D eigenvalue weighted by Crippen LogP contribution is -2.26. The van der Waals surface area contributed by atoms with Crippen molar-refractivity contribution >= 4 is 23.4 Å². The molecule has 4 N–H and O–H groups in total. The molecule has 0 amide bonds. The number of H-pyrrole nitrogens is 1. The second kappa shape index (κ2) is 10.9. The largest absolute Gasteiger partial charge is 0.493 e. The van der Waals surface area contributed by atoms with Crippen molar-refractivity contribution in [3.05, 3.63) is 94.4 Å².